The molecule has 16 heavy (non-hydrogen) atoms. The Kier molecular flexibility index (Phi) is 3.62. The van der Waals surface area contributed by atoms with E-state index in [9.17, 15) is 0 Å². The molecule has 2 N–H and O–H groups in total. The van der Waals surface area contributed by atoms with Gasteiger partial charge in [0.25, 0.3) is 0 Å². The molecular weight excluding hydrogens is 202 g/mol. The average molecular weight is 221 g/mol. The third-order valence-electron chi connectivity index (χ3n) is 3.03. The van der Waals surface area contributed by atoms with Crippen LogP contribution >= 0.6 is 0 Å². The highest BCUT2D eigenvalue weighted by Gasteiger charge is 2.16. The van der Waals surface area contributed by atoms with Crippen LogP contribution in [0.15, 0.2) is 18.3 Å². The molecule has 88 valence electrons. The number of aromatic nitrogens is 1. The molecule has 2 heterocycles. The van der Waals surface area contributed by atoms with E-state index in [1.54, 1.807) is 6.20 Å². The minimum Gasteiger partial charge on any atom is -0.397 e. The molecule has 0 bridgehead atoms. The molecule has 0 saturated carbocycles. The first kappa shape index (κ1) is 11.2. The third kappa shape index (κ3) is 2.85. The second-order valence-corrected chi connectivity index (χ2v) is 4.39. The van der Waals surface area contributed by atoms with Gasteiger partial charge in [-0.25, -0.2) is 4.98 Å². The van der Waals surface area contributed by atoms with Crippen molar-refractivity contribution in [2.45, 2.75) is 12.8 Å². The molecule has 0 spiro atoms. The fourth-order valence-electron chi connectivity index (χ4n) is 2.03. The van der Waals surface area contributed by atoms with Crippen LogP contribution in [-0.2, 0) is 4.74 Å². The Hall–Kier alpha value is -1.29. The second-order valence-electron chi connectivity index (χ2n) is 4.39. The highest BCUT2D eigenvalue weighted by atomic mass is 16.5. The van der Waals surface area contributed by atoms with E-state index in [0.717, 1.165) is 44.3 Å². The van der Waals surface area contributed by atoms with Gasteiger partial charge >= 0.3 is 0 Å². The van der Waals surface area contributed by atoms with Crippen molar-refractivity contribution in [2.24, 2.45) is 5.92 Å². The monoisotopic (exact) mass is 221 g/mol. The Labute approximate surface area is 96.4 Å². The van der Waals surface area contributed by atoms with Crippen molar-refractivity contribution in [1.82, 2.24) is 4.98 Å². The molecule has 4 nitrogen and oxygen atoms in total. The lowest BCUT2D eigenvalue weighted by Crippen LogP contribution is -2.29. The smallest absolute Gasteiger partial charge is 0.128 e. The average Bonchev–Trinajstić information content (AvgIpc) is 2.31. The van der Waals surface area contributed by atoms with E-state index in [0.29, 0.717) is 5.69 Å². The van der Waals surface area contributed by atoms with E-state index in [1.165, 1.54) is 0 Å². The minimum atomic E-state index is 0.711. The third-order valence-corrected chi connectivity index (χ3v) is 3.03. The summed E-state index contributed by atoms with van der Waals surface area (Å²) >= 11 is 0. The molecule has 1 saturated heterocycles. The molecule has 1 fully saturated rings. The molecule has 0 atom stereocenters. The van der Waals surface area contributed by atoms with Gasteiger partial charge in [-0.15, -0.1) is 0 Å². The first-order valence-corrected chi connectivity index (χ1v) is 5.76. The summed E-state index contributed by atoms with van der Waals surface area (Å²) in [7, 11) is 2.08. The Balaban J connectivity index is 1.91. The van der Waals surface area contributed by atoms with Crippen molar-refractivity contribution in [2.75, 3.05) is 37.4 Å². The second kappa shape index (κ2) is 5.16. The number of hydrogen-bond acceptors (Lipinski definition) is 4. The van der Waals surface area contributed by atoms with Crippen LogP contribution < -0.4 is 10.6 Å². The molecule has 0 amide bonds. The minimum absolute atomic E-state index is 0.711. The maximum Gasteiger partial charge on any atom is 0.128 e. The Bertz CT molecular complexity index is 320. The molecular formula is C12H19N3O. The fourth-order valence-corrected chi connectivity index (χ4v) is 2.03. The molecule has 2 rings (SSSR count). The molecule has 4 heteroatoms. The summed E-state index contributed by atoms with van der Waals surface area (Å²) in [5, 5.41) is 0. The fraction of sp³-hybridized carbons (Fsp3) is 0.583. The SMILES string of the molecule is CN(CC1CCOCC1)c1ccc(N)cn1. The van der Waals surface area contributed by atoms with Crippen LogP contribution in [0.25, 0.3) is 0 Å². The summed E-state index contributed by atoms with van der Waals surface area (Å²) in [4.78, 5) is 6.50. The van der Waals surface area contributed by atoms with Gasteiger partial charge < -0.3 is 15.4 Å². The van der Waals surface area contributed by atoms with Gasteiger partial charge in [-0.1, -0.05) is 0 Å². The van der Waals surface area contributed by atoms with Gasteiger partial charge in [0.15, 0.2) is 0 Å². The van der Waals surface area contributed by atoms with Crippen LogP contribution in [0.5, 0.6) is 0 Å². The van der Waals surface area contributed by atoms with Gasteiger partial charge in [0.1, 0.15) is 5.82 Å². The van der Waals surface area contributed by atoms with Crippen LogP contribution in [0.2, 0.25) is 0 Å². The predicted molar refractivity (Wildman–Crippen MR) is 65.5 cm³/mol. The van der Waals surface area contributed by atoms with E-state index in [1.807, 2.05) is 12.1 Å². The van der Waals surface area contributed by atoms with E-state index in [-0.39, 0.29) is 0 Å². The Morgan fingerprint density at radius 2 is 2.19 bits per heavy atom. The van der Waals surface area contributed by atoms with Gasteiger partial charge in [0.2, 0.25) is 0 Å². The number of ether oxygens (including phenoxy) is 1. The van der Waals surface area contributed by atoms with Gasteiger partial charge in [0.05, 0.1) is 11.9 Å². The van der Waals surface area contributed by atoms with Gasteiger partial charge in [0, 0.05) is 26.8 Å². The number of hydrogen-bond donors (Lipinski definition) is 1. The van der Waals surface area contributed by atoms with Crippen molar-refractivity contribution in [3.8, 4) is 0 Å². The normalized spacial score (nSPS) is 17.3. The Morgan fingerprint density at radius 3 is 2.81 bits per heavy atom. The van der Waals surface area contributed by atoms with Crippen molar-refractivity contribution in [3.63, 3.8) is 0 Å². The van der Waals surface area contributed by atoms with Crippen molar-refractivity contribution < 1.29 is 4.74 Å². The maximum atomic E-state index is 5.61. The maximum absolute atomic E-state index is 5.61. The number of nitrogens with two attached hydrogens (primary N) is 1. The molecule has 0 aromatic carbocycles. The summed E-state index contributed by atoms with van der Waals surface area (Å²) in [5.41, 5.74) is 6.32. The van der Waals surface area contributed by atoms with Gasteiger partial charge in [-0.3, -0.25) is 0 Å². The van der Waals surface area contributed by atoms with Crippen molar-refractivity contribution >= 4 is 11.5 Å². The van der Waals surface area contributed by atoms with Gasteiger partial charge in [-0.05, 0) is 30.9 Å². The van der Waals surface area contributed by atoms with Crippen LogP contribution in [0, 0.1) is 5.92 Å². The summed E-state index contributed by atoms with van der Waals surface area (Å²) in [6, 6.07) is 3.86. The molecule has 0 aliphatic carbocycles. The molecule has 1 aliphatic rings. The molecule has 1 aliphatic heterocycles. The predicted octanol–water partition coefficient (Wildman–Crippen LogP) is 1.53. The first-order valence-electron chi connectivity index (χ1n) is 5.76. The first-order chi connectivity index (χ1) is 7.75. The largest absolute Gasteiger partial charge is 0.397 e. The molecule has 1 aromatic rings. The van der Waals surface area contributed by atoms with E-state index in [2.05, 4.69) is 16.9 Å². The number of pyridine rings is 1. The van der Waals surface area contributed by atoms with Crippen LogP contribution in [0.3, 0.4) is 0 Å². The van der Waals surface area contributed by atoms with Crippen molar-refractivity contribution in [3.05, 3.63) is 18.3 Å². The Morgan fingerprint density at radius 1 is 1.44 bits per heavy atom. The zero-order valence-corrected chi connectivity index (χ0v) is 9.72. The number of rotatable bonds is 3. The van der Waals surface area contributed by atoms with E-state index < -0.39 is 0 Å². The topological polar surface area (TPSA) is 51.4 Å². The van der Waals surface area contributed by atoms with Crippen molar-refractivity contribution in [1.29, 1.82) is 0 Å². The standard InChI is InChI=1S/C12H19N3O/c1-15(9-10-4-6-16-7-5-10)12-3-2-11(13)8-14-12/h2-3,8,10H,4-7,9,13H2,1H3. The number of anilines is 2. The number of nitrogen functional groups attached to an aromatic ring is 1. The van der Waals surface area contributed by atoms with Gasteiger partial charge in [-0.2, -0.15) is 0 Å². The van der Waals surface area contributed by atoms with Crippen LogP contribution in [-0.4, -0.2) is 31.8 Å². The quantitative estimate of drug-likeness (QED) is 0.841. The van der Waals surface area contributed by atoms with E-state index in [4.69, 9.17) is 10.5 Å². The lowest BCUT2D eigenvalue weighted by Gasteiger charge is -2.27. The highest BCUT2D eigenvalue weighted by Crippen LogP contribution is 2.18. The van der Waals surface area contributed by atoms with E-state index >= 15 is 0 Å². The number of nitrogens with zero attached hydrogens (tertiary/aromatic N) is 2. The lowest BCUT2D eigenvalue weighted by molar-refractivity contribution is 0.0685. The molecule has 0 radical (unpaired) electrons. The summed E-state index contributed by atoms with van der Waals surface area (Å²) < 4.78 is 5.35. The molecule has 1 aromatic heterocycles. The molecule has 0 unspecified atom stereocenters. The van der Waals surface area contributed by atoms with Crippen LogP contribution in [0.1, 0.15) is 12.8 Å². The summed E-state index contributed by atoms with van der Waals surface area (Å²) in [5.74, 6) is 1.71. The lowest BCUT2D eigenvalue weighted by atomic mass is 10.00. The summed E-state index contributed by atoms with van der Waals surface area (Å²) in [6.45, 7) is 2.83. The zero-order valence-electron chi connectivity index (χ0n) is 9.72. The highest BCUT2D eigenvalue weighted by molar-refractivity contribution is 5.45. The van der Waals surface area contributed by atoms with Crippen LogP contribution in [0.4, 0.5) is 11.5 Å². The summed E-state index contributed by atoms with van der Waals surface area (Å²) in [6.07, 6.45) is 4.01. The zero-order chi connectivity index (χ0) is 11.4.